The van der Waals surface area contributed by atoms with E-state index in [1.165, 1.54) is 23.9 Å². The molecule has 0 atom stereocenters. The van der Waals surface area contributed by atoms with Crippen LogP contribution in [0.1, 0.15) is 55.3 Å². The average Bonchev–Trinajstić information content (AvgIpc) is 2.52. The third kappa shape index (κ3) is 2.23. The Morgan fingerprint density at radius 1 is 1.21 bits per heavy atom. The van der Waals surface area contributed by atoms with Crippen molar-refractivity contribution in [1.29, 1.82) is 5.26 Å². The standard InChI is InChI=1S/C19H23N3O2/c1-11-12(2)21-22(18(24)16(11)9-20)10-17(23)19-6-13-3-14(7-19)5-15(4-13)8-19/h13-15H,3-8,10H2,1-2H3. The summed E-state index contributed by atoms with van der Waals surface area (Å²) in [6, 6.07) is 1.97. The summed E-state index contributed by atoms with van der Waals surface area (Å²) in [6.07, 6.45) is 6.82. The Kier molecular flexibility index (Phi) is 3.42. The Morgan fingerprint density at radius 3 is 2.25 bits per heavy atom. The molecule has 5 heteroatoms. The van der Waals surface area contributed by atoms with Crippen molar-refractivity contribution in [2.24, 2.45) is 23.2 Å². The average molecular weight is 325 g/mol. The Labute approximate surface area is 141 Å². The van der Waals surface area contributed by atoms with Crippen LogP contribution in [0.3, 0.4) is 0 Å². The largest absolute Gasteiger partial charge is 0.297 e. The minimum absolute atomic E-state index is 0.0147. The maximum Gasteiger partial charge on any atom is 0.285 e. The fourth-order valence-electron chi connectivity index (χ4n) is 5.77. The Morgan fingerprint density at radius 2 is 1.75 bits per heavy atom. The van der Waals surface area contributed by atoms with E-state index in [0.29, 0.717) is 29.0 Å². The molecule has 0 radical (unpaired) electrons. The highest BCUT2D eigenvalue weighted by Crippen LogP contribution is 2.60. The van der Waals surface area contributed by atoms with Gasteiger partial charge in [-0.05, 0) is 75.7 Å². The number of nitriles is 1. The molecule has 0 unspecified atom stereocenters. The smallest absolute Gasteiger partial charge is 0.285 e. The van der Waals surface area contributed by atoms with E-state index in [0.717, 1.165) is 19.3 Å². The van der Waals surface area contributed by atoms with Gasteiger partial charge in [-0.25, -0.2) is 4.68 Å². The van der Waals surface area contributed by atoms with E-state index in [2.05, 4.69) is 5.10 Å². The molecule has 4 saturated carbocycles. The molecule has 0 saturated heterocycles. The molecule has 0 aliphatic heterocycles. The van der Waals surface area contributed by atoms with Crippen LogP contribution in [0.5, 0.6) is 0 Å². The molecule has 1 aromatic rings. The predicted octanol–water partition coefficient (Wildman–Crippen LogP) is 2.52. The van der Waals surface area contributed by atoms with Crippen LogP contribution in [0.15, 0.2) is 4.79 Å². The summed E-state index contributed by atoms with van der Waals surface area (Å²) in [5, 5.41) is 13.5. The fraction of sp³-hybridized carbons (Fsp3) is 0.684. The molecule has 5 nitrogen and oxygen atoms in total. The number of Topliss-reactive ketones (excluding diaryl/α,β-unsaturated/α-hetero) is 1. The first-order chi connectivity index (χ1) is 11.4. The van der Waals surface area contributed by atoms with Gasteiger partial charge in [0.25, 0.3) is 5.56 Å². The van der Waals surface area contributed by atoms with Crippen LogP contribution in [-0.2, 0) is 11.3 Å². The van der Waals surface area contributed by atoms with Crippen molar-refractivity contribution >= 4 is 5.78 Å². The molecule has 0 aromatic carbocycles. The van der Waals surface area contributed by atoms with E-state index in [1.54, 1.807) is 13.8 Å². The molecule has 0 spiro atoms. The third-order valence-corrected chi connectivity index (χ3v) is 6.67. The normalized spacial score (nSPS) is 33.5. The number of carbonyl (C=O) groups is 1. The van der Waals surface area contributed by atoms with Crippen molar-refractivity contribution < 1.29 is 4.79 Å². The quantitative estimate of drug-likeness (QED) is 0.855. The van der Waals surface area contributed by atoms with Crippen molar-refractivity contribution in [2.75, 3.05) is 0 Å². The van der Waals surface area contributed by atoms with Gasteiger partial charge in [0.2, 0.25) is 0 Å². The zero-order valence-electron chi connectivity index (χ0n) is 14.3. The monoisotopic (exact) mass is 325 g/mol. The van der Waals surface area contributed by atoms with Crippen LogP contribution in [0.25, 0.3) is 0 Å². The highest BCUT2D eigenvalue weighted by molar-refractivity contribution is 5.85. The molecule has 24 heavy (non-hydrogen) atoms. The zero-order valence-corrected chi connectivity index (χ0v) is 14.3. The number of carbonyl (C=O) groups excluding carboxylic acids is 1. The van der Waals surface area contributed by atoms with Gasteiger partial charge in [-0.15, -0.1) is 0 Å². The summed E-state index contributed by atoms with van der Waals surface area (Å²) in [6.45, 7) is 3.52. The van der Waals surface area contributed by atoms with E-state index >= 15 is 0 Å². The second-order valence-electron chi connectivity index (χ2n) is 8.28. The lowest BCUT2D eigenvalue weighted by molar-refractivity contribution is -0.144. The van der Waals surface area contributed by atoms with E-state index in [1.807, 2.05) is 6.07 Å². The molecule has 5 rings (SSSR count). The zero-order chi connectivity index (χ0) is 17.1. The summed E-state index contributed by atoms with van der Waals surface area (Å²) < 4.78 is 1.22. The van der Waals surface area contributed by atoms with Gasteiger partial charge >= 0.3 is 0 Å². The molecule has 126 valence electrons. The fourth-order valence-corrected chi connectivity index (χ4v) is 5.77. The number of hydrogen-bond acceptors (Lipinski definition) is 4. The van der Waals surface area contributed by atoms with Gasteiger partial charge in [0, 0.05) is 5.41 Å². The highest BCUT2D eigenvalue weighted by Gasteiger charge is 2.54. The van der Waals surface area contributed by atoms with Gasteiger partial charge in [0.15, 0.2) is 5.78 Å². The number of hydrogen-bond donors (Lipinski definition) is 0. The second-order valence-corrected chi connectivity index (χ2v) is 8.28. The summed E-state index contributed by atoms with van der Waals surface area (Å²) in [4.78, 5) is 25.6. The van der Waals surface area contributed by atoms with Crippen molar-refractivity contribution in [3.05, 3.63) is 27.2 Å². The van der Waals surface area contributed by atoms with E-state index in [-0.39, 0.29) is 23.3 Å². The van der Waals surface area contributed by atoms with Crippen LogP contribution >= 0.6 is 0 Å². The molecule has 1 aromatic heterocycles. The molecule has 4 aliphatic carbocycles. The van der Waals surface area contributed by atoms with Gasteiger partial charge in [0.05, 0.1) is 5.69 Å². The molecule has 0 amide bonds. The topological polar surface area (TPSA) is 75.8 Å². The van der Waals surface area contributed by atoms with Crippen LogP contribution in [-0.4, -0.2) is 15.6 Å². The van der Waals surface area contributed by atoms with Crippen molar-refractivity contribution in [1.82, 2.24) is 9.78 Å². The number of aromatic nitrogens is 2. The number of rotatable bonds is 3. The molecule has 4 aliphatic rings. The summed E-state index contributed by atoms with van der Waals surface area (Å²) >= 11 is 0. The number of ketones is 1. The summed E-state index contributed by atoms with van der Waals surface area (Å²) in [7, 11) is 0. The van der Waals surface area contributed by atoms with E-state index in [9.17, 15) is 14.9 Å². The molecule has 0 N–H and O–H groups in total. The number of aryl methyl sites for hydroxylation is 1. The van der Waals surface area contributed by atoms with Gasteiger partial charge in [-0.1, -0.05) is 0 Å². The lowest BCUT2D eigenvalue weighted by Crippen LogP contribution is -2.51. The SMILES string of the molecule is Cc1nn(CC(=O)C23CC4CC(CC(C4)C2)C3)c(=O)c(C#N)c1C. The molecular formula is C19H23N3O2. The van der Waals surface area contributed by atoms with Crippen LogP contribution in [0.2, 0.25) is 0 Å². The van der Waals surface area contributed by atoms with Gasteiger partial charge in [0.1, 0.15) is 18.2 Å². The van der Waals surface area contributed by atoms with Crippen molar-refractivity contribution in [3.63, 3.8) is 0 Å². The van der Waals surface area contributed by atoms with Crippen LogP contribution < -0.4 is 5.56 Å². The van der Waals surface area contributed by atoms with Gasteiger partial charge in [-0.3, -0.25) is 9.59 Å². The molecule has 4 fully saturated rings. The Balaban J connectivity index is 1.65. The summed E-state index contributed by atoms with van der Waals surface area (Å²) in [5.74, 6) is 2.24. The first kappa shape index (κ1) is 15.6. The van der Waals surface area contributed by atoms with Crippen molar-refractivity contribution in [3.8, 4) is 6.07 Å². The van der Waals surface area contributed by atoms with Gasteiger partial charge in [-0.2, -0.15) is 10.4 Å². The second kappa shape index (κ2) is 5.27. The Hall–Kier alpha value is -1.96. The molecule has 1 heterocycles. The Bertz CT molecular complexity index is 780. The maximum absolute atomic E-state index is 13.1. The van der Waals surface area contributed by atoms with E-state index < -0.39 is 5.56 Å². The minimum atomic E-state index is -0.432. The highest BCUT2D eigenvalue weighted by atomic mass is 16.1. The molecule has 4 bridgehead atoms. The van der Waals surface area contributed by atoms with Crippen molar-refractivity contribution in [2.45, 2.75) is 58.9 Å². The maximum atomic E-state index is 13.1. The van der Waals surface area contributed by atoms with Crippen LogP contribution in [0, 0.1) is 48.3 Å². The van der Waals surface area contributed by atoms with Gasteiger partial charge < -0.3 is 0 Å². The lowest BCUT2D eigenvalue weighted by atomic mass is 9.48. The number of nitrogens with zero attached hydrogens (tertiary/aromatic N) is 3. The molecular weight excluding hydrogens is 302 g/mol. The minimum Gasteiger partial charge on any atom is -0.297 e. The first-order valence-electron chi connectivity index (χ1n) is 8.93. The lowest BCUT2D eigenvalue weighted by Gasteiger charge is -2.55. The summed E-state index contributed by atoms with van der Waals surface area (Å²) in [5.41, 5.74) is 0.700. The van der Waals surface area contributed by atoms with E-state index in [4.69, 9.17) is 0 Å². The first-order valence-corrected chi connectivity index (χ1v) is 8.93. The van der Waals surface area contributed by atoms with Crippen LogP contribution in [0.4, 0.5) is 0 Å². The predicted molar refractivity (Wildman–Crippen MR) is 88.3 cm³/mol. The third-order valence-electron chi connectivity index (χ3n) is 6.67.